The minimum atomic E-state index is -0.445. The largest absolute Gasteiger partial charge is 0.393 e. The summed E-state index contributed by atoms with van der Waals surface area (Å²) in [6.45, 7) is 6.53. The molecule has 1 aliphatic rings. The minimum Gasteiger partial charge on any atom is -0.393 e. The van der Waals surface area contributed by atoms with Gasteiger partial charge < -0.3 is 15.0 Å². The van der Waals surface area contributed by atoms with Crippen molar-refractivity contribution in [2.24, 2.45) is 13.0 Å². The smallest absolute Gasteiger partial charge is 0.254 e. The molecule has 0 aliphatic heterocycles. The molecule has 1 fully saturated rings. The molecule has 2 N–H and O–H groups in total. The van der Waals surface area contributed by atoms with Gasteiger partial charge in [0.15, 0.2) is 0 Å². The fourth-order valence-corrected chi connectivity index (χ4v) is 3.33. The molecular formula is C17H26N6O2. The molecule has 8 nitrogen and oxygen atoms in total. The minimum absolute atomic E-state index is 0.0170. The SMILES string of the molecule is Cn1cnnc1[C@H]1C[C@H](CNC(=O)c2cnn(C(C)(C)C)c2)[C@H](O)C1. The molecule has 136 valence electrons. The summed E-state index contributed by atoms with van der Waals surface area (Å²) in [5.41, 5.74) is 0.371. The maximum absolute atomic E-state index is 12.3. The monoisotopic (exact) mass is 346 g/mol. The average molecular weight is 346 g/mol. The predicted octanol–water partition coefficient (Wildman–Crippen LogP) is 1.05. The van der Waals surface area contributed by atoms with Crippen LogP contribution in [-0.2, 0) is 12.6 Å². The number of rotatable bonds is 4. The van der Waals surface area contributed by atoms with Gasteiger partial charge in [-0.05, 0) is 33.6 Å². The molecule has 0 spiro atoms. The number of nitrogens with zero attached hydrogens (tertiary/aromatic N) is 5. The Morgan fingerprint density at radius 3 is 2.76 bits per heavy atom. The van der Waals surface area contributed by atoms with E-state index in [0.717, 1.165) is 12.2 Å². The Morgan fingerprint density at radius 2 is 2.16 bits per heavy atom. The number of nitrogens with one attached hydrogen (secondary N) is 1. The highest BCUT2D eigenvalue weighted by molar-refractivity contribution is 5.93. The first-order valence-corrected chi connectivity index (χ1v) is 8.61. The van der Waals surface area contributed by atoms with Crippen molar-refractivity contribution >= 4 is 5.91 Å². The van der Waals surface area contributed by atoms with Crippen molar-refractivity contribution in [3.8, 4) is 0 Å². The van der Waals surface area contributed by atoms with Crippen LogP contribution >= 0.6 is 0 Å². The molecule has 1 amide bonds. The van der Waals surface area contributed by atoms with Gasteiger partial charge in [0.05, 0.1) is 23.4 Å². The summed E-state index contributed by atoms with van der Waals surface area (Å²) in [6.07, 6.45) is 5.99. The number of carbonyl (C=O) groups is 1. The van der Waals surface area contributed by atoms with Gasteiger partial charge in [0.1, 0.15) is 12.2 Å². The van der Waals surface area contributed by atoms with Crippen LogP contribution in [0.1, 0.15) is 55.7 Å². The van der Waals surface area contributed by atoms with Crippen molar-refractivity contribution in [2.75, 3.05) is 6.54 Å². The van der Waals surface area contributed by atoms with Gasteiger partial charge in [0, 0.05) is 31.6 Å². The highest BCUT2D eigenvalue weighted by Gasteiger charge is 2.36. The third kappa shape index (κ3) is 3.73. The Kier molecular flexibility index (Phi) is 4.64. The van der Waals surface area contributed by atoms with Crippen molar-refractivity contribution in [3.05, 3.63) is 30.1 Å². The zero-order valence-corrected chi connectivity index (χ0v) is 15.2. The lowest BCUT2D eigenvalue weighted by molar-refractivity contribution is 0.0916. The van der Waals surface area contributed by atoms with Crippen LogP contribution in [0.15, 0.2) is 18.7 Å². The molecule has 8 heteroatoms. The van der Waals surface area contributed by atoms with Gasteiger partial charge >= 0.3 is 0 Å². The molecule has 25 heavy (non-hydrogen) atoms. The van der Waals surface area contributed by atoms with Crippen LogP contribution in [0.3, 0.4) is 0 Å². The number of aliphatic hydroxyl groups is 1. The van der Waals surface area contributed by atoms with Crippen molar-refractivity contribution in [1.29, 1.82) is 0 Å². The van der Waals surface area contributed by atoms with E-state index in [1.165, 1.54) is 0 Å². The standard InChI is InChI=1S/C17H26N6O2/c1-17(2,3)23-9-13(8-20-23)16(25)18-7-12-5-11(6-14(12)24)15-21-19-10-22(15)4/h8-12,14,24H,5-7H2,1-4H3,(H,18,25)/t11-,12+,14+/m0/s1. The summed E-state index contributed by atoms with van der Waals surface area (Å²) in [5.74, 6) is 0.917. The number of hydrogen-bond acceptors (Lipinski definition) is 5. The van der Waals surface area contributed by atoms with E-state index in [0.29, 0.717) is 18.5 Å². The van der Waals surface area contributed by atoms with E-state index in [1.54, 1.807) is 23.4 Å². The first-order chi connectivity index (χ1) is 11.8. The molecule has 0 bridgehead atoms. The van der Waals surface area contributed by atoms with Crippen LogP contribution in [0.25, 0.3) is 0 Å². The van der Waals surface area contributed by atoms with Crippen LogP contribution in [0.4, 0.5) is 0 Å². The maximum Gasteiger partial charge on any atom is 0.254 e. The van der Waals surface area contributed by atoms with E-state index in [1.807, 2.05) is 32.4 Å². The fraction of sp³-hybridized carbons (Fsp3) is 0.647. The van der Waals surface area contributed by atoms with E-state index in [-0.39, 0.29) is 23.3 Å². The summed E-state index contributed by atoms with van der Waals surface area (Å²) in [7, 11) is 1.91. The van der Waals surface area contributed by atoms with Crippen LogP contribution in [0, 0.1) is 5.92 Å². The molecule has 3 rings (SSSR count). The van der Waals surface area contributed by atoms with Gasteiger partial charge in [-0.2, -0.15) is 5.10 Å². The molecule has 1 aliphatic carbocycles. The molecule has 0 aromatic carbocycles. The summed E-state index contributed by atoms with van der Waals surface area (Å²) in [5, 5.41) is 25.5. The molecular weight excluding hydrogens is 320 g/mol. The molecule has 3 atom stereocenters. The molecule has 2 aromatic heterocycles. The van der Waals surface area contributed by atoms with Gasteiger partial charge in [0.2, 0.25) is 0 Å². The Hall–Kier alpha value is -2.22. The Labute approximate surface area is 147 Å². The number of carbonyl (C=O) groups excluding carboxylic acids is 1. The Morgan fingerprint density at radius 1 is 1.40 bits per heavy atom. The normalized spacial score (nSPS) is 23.8. The Bertz CT molecular complexity index is 744. The number of aliphatic hydroxyl groups excluding tert-OH is 1. The van der Waals surface area contributed by atoms with Crippen LogP contribution < -0.4 is 5.32 Å². The molecule has 0 unspecified atom stereocenters. The van der Waals surface area contributed by atoms with E-state index >= 15 is 0 Å². The number of aromatic nitrogens is 5. The van der Waals surface area contributed by atoms with Gasteiger partial charge in [-0.3, -0.25) is 9.48 Å². The van der Waals surface area contributed by atoms with Gasteiger partial charge in [-0.25, -0.2) is 0 Å². The highest BCUT2D eigenvalue weighted by atomic mass is 16.3. The molecule has 2 aromatic rings. The fourth-order valence-electron chi connectivity index (χ4n) is 3.33. The zero-order valence-electron chi connectivity index (χ0n) is 15.2. The molecule has 0 saturated heterocycles. The first-order valence-electron chi connectivity index (χ1n) is 8.61. The lowest BCUT2D eigenvalue weighted by Gasteiger charge is -2.18. The number of hydrogen-bond donors (Lipinski definition) is 2. The van der Waals surface area contributed by atoms with Crippen LogP contribution in [0.5, 0.6) is 0 Å². The zero-order chi connectivity index (χ0) is 18.2. The quantitative estimate of drug-likeness (QED) is 0.862. The third-order valence-corrected chi connectivity index (χ3v) is 4.83. The topological polar surface area (TPSA) is 97.9 Å². The van der Waals surface area contributed by atoms with E-state index in [9.17, 15) is 9.90 Å². The third-order valence-electron chi connectivity index (χ3n) is 4.83. The van der Waals surface area contributed by atoms with Gasteiger partial charge in [-0.15, -0.1) is 10.2 Å². The molecule has 1 saturated carbocycles. The summed E-state index contributed by atoms with van der Waals surface area (Å²) in [4.78, 5) is 12.3. The maximum atomic E-state index is 12.3. The number of aryl methyl sites for hydroxylation is 1. The van der Waals surface area contributed by atoms with Crippen LogP contribution in [-0.4, -0.2) is 48.2 Å². The second-order valence-electron chi connectivity index (χ2n) is 7.85. The predicted molar refractivity (Wildman–Crippen MR) is 92.0 cm³/mol. The average Bonchev–Trinajstić information content (AvgIpc) is 3.23. The summed E-state index contributed by atoms with van der Waals surface area (Å²) < 4.78 is 3.66. The van der Waals surface area contributed by atoms with Crippen molar-refractivity contribution in [2.45, 2.75) is 51.2 Å². The van der Waals surface area contributed by atoms with Gasteiger partial charge in [0.25, 0.3) is 5.91 Å². The lowest BCUT2D eigenvalue weighted by atomic mass is 10.0. The van der Waals surface area contributed by atoms with E-state index in [4.69, 9.17) is 0 Å². The lowest BCUT2D eigenvalue weighted by Crippen LogP contribution is -2.32. The van der Waals surface area contributed by atoms with Crippen molar-refractivity contribution in [1.82, 2.24) is 29.9 Å². The van der Waals surface area contributed by atoms with Crippen molar-refractivity contribution < 1.29 is 9.90 Å². The van der Waals surface area contributed by atoms with Crippen LogP contribution in [0.2, 0.25) is 0 Å². The first kappa shape index (κ1) is 17.6. The second kappa shape index (κ2) is 6.59. The summed E-state index contributed by atoms with van der Waals surface area (Å²) >= 11 is 0. The van der Waals surface area contributed by atoms with Crippen molar-refractivity contribution in [3.63, 3.8) is 0 Å². The Balaban J connectivity index is 1.57. The van der Waals surface area contributed by atoms with E-state index < -0.39 is 6.10 Å². The van der Waals surface area contributed by atoms with E-state index in [2.05, 4.69) is 20.6 Å². The molecule has 2 heterocycles. The van der Waals surface area contributed by atoms with Gasteiger partial charge in [-0.1, -0.05) is 0 Å². The molecule has 0 radical (unpaired) electrons. The summed E-state index contributed by atoms with van der Waals surface area (Å²) in [6, 6.07) is 0. The highest BCUT2D eigenvalue weighted by Crippen LogP contribution is 2.37. The number of amides is 1. The second-order valence-corrected chi connectivity index (χ2v) is 7.85.